The van der Waals surface area contributed by atoms with Crippen molar-refractivity contribution in [3.63, 3.8) is 0 Å². The Labute approximate surface area is 122 Å². The quantitative estimate of drug-likeness (QED) is 0.859. The van der Waals surface area contributed by atoms with Crippen LogP contribution in [0.25, 0.3) is 0 Å². The zero-order valence-corrected chi connectivity index (χ0v) is 12.9. The first-order valence-electron chi connectivity index (χ1n) is 7.59. The Bertz CT molecular complexity index is 392. The second-order valence-corrected chi connectivity index (χ2v) is 5.72. The Balaban J connectivity index is 2.13. The van der Waals surface area contributed by atoms with Crippen LogP contribution in [0.5, 0.6) is 0 Å². The highest BCUT2D eigenvalue weighted by molar-refractivity contribution is 5.13. The maximum Gasteiger partial charge on any atom is 0.0594 e. The summed E-state index contributed by atoms with van der Waals surface area (Å²) in [6, 6.07) is 4.59. The molecule has 0 aliphatic carbocycles. The van der Waals surface area contributed by atoms with Gasteiger partial charge in [0.05, 0.1) is 13.2 Å². The van der Waals surface area contributed by atoms with E-state index in [0.29, 0.717) is 6.04 Å². The van der Waals surface area contributed by atoms with Gasteiger partial charge in [0.2, 0.25) is 0 Å². The van der Waals surface area contributed by atoms with Crippen LogP contribution in [0.3, 0.4) is 0 Å². The van der Waals surface area contributed by atoms with E-state index in [-0.39, 0.29) is 5.54 Å². The standard InChI is InChI=1S/C16H27N3O/c1-4-16(2,19-8-10-20-11-9-19)15(17-3)12-14-6-5-7-18-13-14/h5-7,13,15,17H,4,8-12H2,1-3H3. The molecule has 4 nitrogen and oxygen atoms in total. The van der Waals surface area contributed by atoms with E-state index in [1.165, 1.54) is 5.56 Å². The van der Waals surface area contributed by atoms with Crippen LogP contribution in [-0.2, 0) is 11.2 Å². The average Bonchev–Trinajstić information content (AvgIpc) is 2.53. The summed E-state index contributed by atoms with van der Waals surface area (Å²) in [5.41, 5.74) is 1.44. The molecule has 0 saturated carbocycles. The van der Waals surface area contributed by atoms with E-state index in [2.05, 4.69) is 42.2 Å². The second kappa shape index (κ2) is 7.16. The first kappa shape index (κ1) is 15.4. The molecule has 1 aliphatic heterocycles. The van der Waals surface area contributed by atoms with E-state index in [4.69, 9.17) is 4.74 Å². The number of pyridine rings is 1. The molecule has 2 unspecified atom stereocenters. The molecule has 112 valence electrons. The molecule has 2 heterocycles. The highest BCUT2D eigenvalue weighted by atomic mass is 16.5. The van der Waals surface area contributed by atoms with Gasteiger partial charge in [0.15, 0.2) is 0 Å². The lowest BCUT2D eigenvalue weighted by Gasteiger charge is -2.48. The molecule has 4 heteroatoms. The number of aromatic nitrogens is 1. The average molecular weight is 277 g/mol. The Morgan fingerprint density at radius 1 is 1.45 bits per heavy atom. The number of hydrogen-bond donors (Lipinski definition) is 1. The smallest absolute Gasteiger partial charge is 0.0594 e. The minimum Gasteiger partial charge on any atom is -0.379 e. The minimum absolute atomic E-state index is 0.147. The van der Waals surface area contributed by atoms with Gasteiger partial charge >= 0.3 is 0 Å². The summed E-state index contributed by atoms with van der Waals surface area (Å²) in [6.07, 6.45) is 5.93. The summed E-state index contributed by atoms with van der Waals surface area (Å²) < 4.78 is 5.50. The van der Waals surface area contributed by atoms with Crippen LogP contribution in [-0.4, -0.2) is 54.8 Å². The van der Waals surface area contributed by atoms with Gasteiger partial charge in [-0.2, -0.15) is 0 Å². The fourth-order valence-electron chi connectivity index (χ4n) is 3.15. The molecule has 1 fully saturated rings. The lowest BCUT2D eigenvalue weighted by molar-refractivity contribution is -0.0313. The van der Waals surface area contributed by atoms with Gasteiger partial charge in [-0.3, -0.25) is 9.88 Å². The Kier molecular flexibility index (Phi) is 5.52. The van der Waals surface area contributed by atoms with Gasteiger partial charge in [0.25, 0.3) is 0 Å². The molecular formula is C16H27N3O. The Morgan fingerprint density at radius 3 is 2.75 bits per heavy atom. The third-order valence-electron chi connectivity index (χ3n) is 4.71. The van der Waals surface area contributed by atoms with Gasteiger partial charge in [0.1, 0.15) is 0 Å². The molecule has 1 aromatic rings. The third-order valence-corrected chi connectivity index (χ3v) is 4.71. The summed E-state index contributed by atoms with van der Waals surface area (Å²) in [4.78, 5) is 6.81. The zero-order chi connectivity index (χ0) is 14.4. The SMILES string of the molecule is CCC(C)(C(Cc1cccnc1)NC)N1CCOCC1. The molecule has 0 radical (unpaired) electrons. The first-order valence-corrected chi connectivity index (χ1v) is 7.59. The van der Waals surface area contributed by atoms with Crippen molar-refractivity contribution in [2.75, 3.05) is 33.4 Å². The van der Waals surface area contributed by atoms with Crippen molar-refractivity contribution in [3.05, 3.63) is 30.1 Å². The van der Waals surface area contributed by atoms with E-state index in [1.807, 2.05) is 18.5 Å². The van der Waals surface area contributed by atoms with Crippen molar-refractivity contribution in [2.45, 2.75) is 38.3 Å². The zero-order valence-electron chi connectivity index (χ0n) is 12.9. The van der Waals surface area contributed by atoms with E-state index >= 15 is 0 Å². The predicted octanol–water partition coefficient (Wildman–Crippen LogP) is 1.71. The number of likely N-dealkylation sites (N-methyl/N-ethyl adjacent to an activating group) is 1. The molecule has 0 spiro atoms. The number of morpholine rings is 1. The van der Waals surface area contributed by atoms with Gasteiger partial charge in [-0.25, -0.2) is 0 Å². The van der Waals surface area contributed by atoms with E-state index in [9.17, 15) is 0 Å². The monoisotopic (exact) mass is 277 g/mol. The van der Waals surface area contributed by atoms with Crippen LogP contribution >= 0.6 is 0 Å². The fraction of sp³-hybridized carbons (Fsp3) is 0.688. The predicted molar refractivity (Wildman–Crippen MR) is 81.9 cm³/mol. The molecule has 2 rings (SSSR count). The van der Waals surface area contributed by atoms with Crippen LogP contribution in [0.1, 0.15) is 25.8 Å². The van der Waals surface area contributed by atoms with Crippen molar-refractivity contribution in [1.82, 2.24) is 15.2 Å². The van der Waals surface area contributed by atoms with Crippen molar-refractivity contribution < 1.29 is 4.74 Å². The van der Waals surface area contributed by atoms with Gasteiger partial charge < -0.3 is 10.1 Å². The largest absolute Gasteiger partial charge is 0.379 e. The Hall–Kier alpha value is -0.970. The number of nitrogens with zero attached hydrogens (tertiary/aromatic N) is 2. The maximum atomic E-state index is 5.50. The van der Waals surface area contributed by atoms with Crippen molar-refractivity contribution >= 4 is 0 Å². The van der Waals surface area contributed by atoms with Crippen LogP contribution in [0.4, 0.5) is 0 Å². The molecule has 1 aliphatic rings. The van der Waals surface area contributed by atoms with Crippen LogP contribution < -0.4 is 5.32 Å². The molecule has 0 bridgehead atoms. The minimum atomic E-state index is 0.147. The molecule has 0 amide bonds. The summed E-state index contributed by atoms with van der Waals surface area (Å²) in [6.45, 7) is 8.39. The van der Waals surface area contributed by atoms with Gasteiger partial charge in [-0.1, -0.05) is 13.0 Å². The summed E-state index contributed by atoms with van der Waals surface area (Å²) in [7, 11) is 2.06. The highest BCUT2D eigenvalue weighted by Gasteiger charge is 2.38. The van der Waals surface area contributed by atoms with Crippen LogP contribution in [0.2, 0.25) is 0 Å². The number of rotatable bonds is 6. The lowest BCUT2D eigenvalue weighted by atomic mass is 9.83. The molecule has 1 aromatic heterocycles. The lowest BCUT2D eigenvalue weighted by Crippen LogP contribution is -2.62. The van der Waals surface area contributed by atoms with Crippen molar-refractivity contribution in [1.29, 1.82) is 0 Å². The molecule has 20 heavy (non-hydrogen) atoms. The molecule has 1 N–H and O–H groups in total. The number of nitrogens with one attached hydrogen (secondary N) is 1. The van der Waals surface area contributed by atoms with Crippen LogP contribution in [0, 0.1) is 0 Å². The Morgan fingerprint density at radius 2 is 2.20 bits per heavy atom. The van der Waals surface area contributed by atoms with Gasteiger partial charge in [0, 0.05) is 37.1 Å². The van der Waals surface area contributed by atoms with Gasteiger partial charge in [-0.15, -0.1) is 0 Å². The van der Waals surface area contributed by atoms with Crippen molar-refractivity contribution in [2.24, 2.45) is 0 Å². The molecule has 0 aromatic carbocycles. The van der Waals surface area contributed by atoms with E-state index < -0.39 is 0 Å². The number of ether oxygens (including phenoxy) is 1. The van der Waals surface area contributed by atoms with E-state index in [1.54, 1.807) is 0 Å². The highest BCUT2D eigenvalue weighted by Crippen LogP contribution is 2.27. The van der Waals surface area contributed by atoms with Crippen molar-refractivity contribution in [3.8, 4) is 0 Å². The topological polar surface area (TPSA) is 37.4 Å². The molecule has 2 atom stereocenters. The fourth-order valence-corrected chi connectivity index (χ4v) is 3.15. The normalized spacial score (nSPS) is 21.4. The summed E-state index contributed by atoms with van der Waals surface area (Å²) in [5.74, 6) is 0. The van der Waals surface area contributed by atoms with Crippen LogP contribution in [0.15, 0.2) is 24.5 Å². The van der Waals surface area contributed by atoms with E-state index in [0.717, 1.165) is 39.1 Å². The molecular weight excluding hydrogens is 250 g/mol. The summed E-state index contributed by atoms with van der Waals surface area (Å²) >= 11 is 0. The molecule has 1 saturated heterocycles. The maximum absolute atomic E-state index is 5.50. The first-order chi connectivity index (χ1) is 9.70. The van der Waals surface area contributed by atoms with Gasteiger partial charge in [-0.05, 0) is 38.4 Å². The number of hydrogen-bond acceptors (Lipinski definition) is 4. The summed E-state index contributed by atoms with van der Waals surface area (Å²) in [5, 5.41) is 3.53. The third kappa shape index (κ3) is 3.37. The second-order valence-electron chi connectivity index (χ2n) is 5.72.